The Hall–Kier alpha value is -1.16. The maximum Gasteiger partial charge on any atom is 0.129 e. The molecular weight excluding hydrogens is 236 g/mol. The standard InChI is InChI=1S/C14H21F2NO/c1-4-6-17-10-14(3,5-2)18-13-8-11(15)7-12(16)9-13/h7-9,17H,4-6,10H2,1-3H3. The Kier molecular flexibility index (Phi) is 5.54. The van der Waals surface area contributed by atoms with Crippen LogP contribution in [-0.2, 0) is 0 Å². The normalized spacial score (nSPS) is 14.3. The van der Waals surface area contributed by atoms with Crippen LogP contribution in [0.3, 0.4) is 0 Å². The SMILES string of the molecule is CCCNCC(C)(CC)Oc1cc(F)cc(F)c1. The molecule has 1 unspecified atom stereocenters. The van der Waals surface area contributed by atoms with E-state index in [4.69, 9.17) is 4.74 Å². The fourth-order valence-corrected chi connectivity index (χ4v) is 1.63. The summed E-state index contributed by atoms with van der Waals surface area (Å²) in [5.74, 6) is -1.01. The highest BCUT2D eigenvalue weighted by molar-refractivity contribution is 5.24. The van der Waals surface area contributed by atoms with Gasteiger partial charge in [-0.25, -0.2) is 8.78 Å². The van der Waals surface area contributed by atoms with Crippen molar-refractivity contribution >= 4 is 0 Å². The predicted molar refractivity (Wildman–Crippen MR) is 68.8 cm³/mol. The monoisotopic (exact) mass is 257 g/mol. The van der Waals surface area contributed by atoms with Crippen molar-refractivity contribution in [2.24, 2.45) is 0 Å². The molecule has 0 aliphatic carbocycles. The van der Waals surface area contributed by atoms with Crippen LogP contribution in [0.25, 0.3) is 0 Å². The van der Waals surface area contributed by atoms with Crippen molar-refractivity contribution < 1.29 is 13.5 Å². The molecular formula is C14H21F2NO. The van der Waals surface area contributed by atoms with Gasteiger partial charge in [0.2, 0.25) is 0 Å². The van der Waals surface area contributed by atoms with Gasteiger partial charge in [0, 0.05) is 24.7 Å². The van der Waals surface area contributed by atoms with Gasteiger partial charge in [-0.3, -0.25) is 0 Å². The molecule has 2 nitrogen and oxygen atoms in total. The van der Waals surface area contributed by atoms with Gasteiger partial charge < -0.3 is 10.1 Å². The zero-order valence-corrected chi connectivity index (χ0v) is 11.2. The number of rotatable bonds is 7. The number of benzene rings is 1. The second kappa shape index (κ2) is 6.69. The highest BCUT2D eigenvalue weighted by atomic mass is 19.1. The number of halogens is 2. The summed E-state index contributed by atoms with van der Waals surface area (Å²) in [4.78, 5) is 0. The topological polar surface area (TPSA) is 21.3 Å². The third-order valence-electron chi connectivity index (χ3n) is 2.87. The van der Waals surface area contributed by atoms with Crippen LogP contribution in [0.4, 0.5) is 8.78 Å². The van der Waals surface area contributed by atoms with Crippen molar-refractivity contribution in [1.82, 2.24) is 5.32 Å². The van der Waals surface area contributed by atoms with E-state index in [0.29, 0.717) is 6.54 Å². The van der Waals surface area contributed by atoms with Crippen LogP contribution in [0, 0.1) is 11.6 Å². The Morgan fingerprint density at radius 2 is 1.78 bits per heavy atom. The van der Waals surface area contributed by atoms with Crippen molar-refractivity contribution in [3.8, 4) is 5.75 Å². The summed E-state index contributed by atoms with van der Waals surface area (Å²) in [7, 11) is 0. The summed E-state index contributed by atoms with van der Waals surface area (Å²) in [6, 6.07) is 3.25. The Morgan fingerprint density at radius 1 is 1.17 bits per heavy atom. The second-order valence-electron chi connectivity index (χ2n) is 4.69. The average Bonchev–Trinajstić information content (AvgIpc) is 2.28. The minimum atomic E-state index is -0.620. The zero-order valence-electron chi connectivity index (χ0n) is 11.2. The first-order valence-corrected chi connectivity index (χ1v) is 6.35. The molecule has 0 heterocycles. The Morgan fingerprint density at radius 3 is 2.28 bits per heavy atom. The van der Waals surface area contributed by atoms with Crippen LogP contribution in [0.2, 0.25) is 0 Å². The Balaban J connectivity index is 2.71. The zero-order chi connectivity index (χ0) is 13.6. The molecule has 0 aromatic heterocycles. The molecule has 1 aromatic carbocycles. The minimum Gasteiger partial charge on any atom is -0.486 e. The van der Waals surface area contributed by atoms with Gasteiger partial charge in [-0.15, -0.1) is 0 Å². The van der Waals surface area contributed by atoms with Crippen LogP contribution < -0.4 is 10.1 Å². The van der Waals surface area contributed by atoms with Crippen molar-refractivity contribution in [3.63, 3.8) is 0 Å². The van der Waals surface area contributed by atoms with Gasteiger partial charge in [-0.1, -0.05) is 13.8 Å². The van der Waals surface area contributed by atoms with E-state index in [2.05, 4.69) is 12.2 Å². The van der Waals surface area contributed by atoms with E-state index in [1.807, 2.05) is 13.8 Å². The number of nitrogens with one attached hydrogen (secondary N) is 1. The fourth-order valence-electron chi connectivity index (χ4n) is 1.63. The third-order valence-corrected chi connectivity index (χ3v) is 2.87. The first-order chi connectivity index (χ1) is 8.49. The average molecular weight is 257 g/mol. The maximum atomic E-state index is 13.1. The van der Waals surface area contributed by atoms with E-state index >= 15 is 0 Å². The highest BCUT2D eigenvalue weighted by Gasteiger charge is 2.24. The summed E-state index contributed by atoms with van der Waals surface area (Å²) in [6.45, 7) is 7.55. The first kappa shape index (κ1) is 14.9. The summed E-state index contributed by atoms with van der Waals surface area (Å²) >= 11 is 0. The van der Waals surface area contributed by atoms with Gasteiger partial charge in [-0.05, 0) is 26.3 Å². The van der Waals surface area contributed by atoms with Crippen LogP contribution in [0.5, 0.6) is 5.75 Å². The lowest BCUT2D eigenvalue weighted by atomic mass is 10.0. The lowest BCUT2D eigenvalue weighted by Gasteiger charge is -2.30. The molecule has 0 radical (unpaired) electrons. The van der Waals surface area contributed by atoms with Crippen molar-refractivity contribution in [3.05, 3.63) is 29.8 Å². The molecule has 1 aromatic rings. The molecule has 4 heteroatoms. The molecule has 0 bridgehead atoms. The van der Waals surface area contributed by atoms with E-state index in [0.717, 1.165) is 25.5 Å². The molecule has 18 heavy (non-hydrogen) atoms. The lowest BCUT2D eigenvalue weighted by Crippen LogP contribution is -2.42. The molecule has 0 fully saturated rings. The van der Waals surface area contributed by atoms with E-state index in [1.165, 1.54) is 12.1 Å². The number of hydrogen-bond donors (Lipinski definition) is 1. The molecule has 0 spiro atoms. The van der Waals surface area contributed by atoms with Gasteiger partial charge in [0.25, 0.3) is 0 Å². The van der Waals surface area contributed by atoms with Crippen molar-refractivity contribution in [2.45, 2.75) is 39.2 Å². The quantitative estimate of drug-likeness (QED) is 0.755. The van der Waals surface area contributed by atoms with E-state index in [9.17, 15) is 8.78 Å². The lowest BCUT2D eigenvalue weighted by molar-refractivity contribution is 0.0830. The Bertz CT molecular complexity index is 364. The van der Waals surface area contributed by atoms with Crippen molar-refractivity contribution in [2.75, 3.05) is 13.1 Å². The molecule has 0 aliphatic heterocycles. The minimum absolute atomic E-state index is 0.232. The Labute approximate surface area is 107 Å². The van der Waals surface area contributed by atoms with E-state index in [-0.39, 0.29) is 5.75 Å². The smallest absolute Gasteiger partial charge is 0.129 e. The predicted octanol–water partition coefficient (Wildman–Crippen LogP) is 3.51. The summed E-state index contributed by atoms with van der Waals surface area (Å²) in [6.07, 6.45) is 1.79. The van der Waals surface area contributed by atoms with Gasteiger partial charge in [-0.2, -0.15) is 0 Å². The number of hydrogen-bond acceptors (Lipinski definition) is 2. The molecule has 1 N–H and O–H groups in total. The highest BCUT2D eigenvalue weighted by Crippen LogP contribution is 2.23. The van der Waals surface area contributed by atoms with Crippen LogP contribution >= 0.6 is 0 Å². The molecule has 102 valence electrons. The van der Waals surface area contributed by atoms with E-state index in [1.54, 1.807) is 0 Å². The third kappa shape index (κ3) is 4.61. The van der Waals surface area contributed by atoms with Gasteiger partial charge in [0.15, 0.2) is 0 Å². The van der Waals surface area contributed by atoms with Crippen LogP contribution in [-0.4, -0.2) is 18.7 Å². The molecule has 0 saturated heterocycles. The molecule has 0 saturated carbocycles. The second-order valence-corrected chi connectivity index (χ2v) is 4.69. The van der Waals surface area contributed by atoms with Crippen LogP contribution in [0.1, 0.15) is 33.6 Å². The van der Waals surface area contributed by atoms with E-state index < -0.39 is 17.2 Å². The first-order valence-electron chi connectivity index (χ1n) is 6.35. The summed E-state index contributed by atoms with van der Waals surface area (Å²) in [5, 5.41) is 3.26. The van der Waals surface area contributed by atoms with Gasteiger partial charge >= 0.3 is 0 Å². The molecule has 0 aliphatic rings. The molecule has 0 amide bonds. The van der Waals surface area contributed by atoms with Crippen LogP contribution in [0.15, 0.2) is 18.2 Å². The van der Waals surface area contributed by atoms with Gasteiger partial charge in [0.1, 0.15) is 23.0 Å². The summed E-state index contributed by atoms with van der Waals surface area (Å²) < 4.78 is 31.9. The van der Waals surface area contributed by atoms with Gasteiger partial charge in [0.05, 0.1) is 0 Å². The fraction of sp³-hybridized carbons (Fsp3) is 0.571. The largest absolute Gasteiger partial charge is 0.486 e. The maximum absolute atomic E-state index is 13.1. The molecule has 1 rings (SSSR count). The van der Waals surface area contributed by atoms with Crippen molar-refractivity contribution in [1.29, 1.82) is 0 Å². The number of ether oxygens (including phenoxy) is 1. The molecule has 1 atom stereocenters. The summed E-state index contributed by atoms with van der Waals surface area (Å²) in [5.41, 5.74) is -0.463.